The van der Waals surface area contributed by atoms with E-state index in [0.717, 1.165) is 6.04 Å². The van der Waals surface area contributed by atoms with Gasteiger partial charge in [0.15, 0.2) is 8.32 Å². The molecule has 0 heterocycles. The second-order valence-electron chi connectivity index (χ2n) is 2.35. The van der Waals surface area contributed by atoms with Gasteiger partial charge in [0.1, 0.15) is 0 Å². The molecule has 3 radical (unpaired) electrons. The minimum absolute atomic E-state index is 0.997. The van der Waals surface area contributed by atoms with Crippen LogP contribution in [0.2, 0.25) is 19.1 Å². The second kappa shape index (κ2) is 3.22. The predicted octanol–water partition coefficient (Wildman–Crippen LogP) is 1.48. The minimum Gasteiger partial charge on any atom is -0.457 e. The first-order chi connectivity index (χ1) is 3.62. The van der Waals surface area contributed by atoms with E-state index >= 15 is 0 Å². The molecule has 0 atom stereocenters. The van der Waals surface area contributed by atoms with Gasteiger partial charge in [-0.2, -0.15) is 0 Å². The van der Waals surface area contributed by atoms with Crippen LogP contribution < -0.4 is 0 Å². The highest BCUT2D eigenvalue weighted by Crippen LogP contribution is 2.08. The van der Waals surface area contributed by atoms with Gasteiger partial charge < -0.3 is 4.12 Å². The SMILES string of the molecule is C=CC[Si](C)(C)O[Si]. The Labute approximate surface area is 55.4 Å². The van der Waals surface area contributed by atoms with E-state index in [1.54, 1.807) is 0 Å². The number of rotatable bonds is 3. The van der Waals surface area contributed by atoms with Crippen LogP contribution in [0.25, 0.3) is 0 Å². The van der Waals surface area contributed by atoms with Gasteiger partial charge >= 0.3 is 0 Å². The molecular weight excluding hydrogens is 132 g/mol. The van der Waals surface area contributed by atoms with Crippen molar-refractivity contribution in [2.75, 3.05) is 0 Å². The van der Waals surface area contributed by atoms with Crippen LogP contribution in [-0.4, -0.2) is 18.8 Å². The number of hydrogen-bond acceptors (Lipinski definition) is 1. The summed E-state index contributed by atoms with van der Waals surface area (Å²) in [6.45, 7) is 7.88. The molecule has 0 bridgehead atoms. The molecule has 8 heavy (non-hydrogen) atoms. The maximum atomic E-state index is 5.05. The van der Waals surface area contributed by atoms with Gasteiger partial charge in [0.05, 0.1) is 0 Å². The fraction of sp³-hybridized carbons (Fsp3) is 0.600. The van der Waals surface area contributed by atoms with Crippen LogP contribution in [-0.2, 0) is 4.12 Å². The third-order valence-electron chi connectivity index (χ3n) is 0.912. The van der Waals surface area contributed by atoms with Gasteiger partial charge in [0.25, 0.3) is 0 Å². The molecule has 0 N–H and O–H groups in total. The molecule has 0 unspecified atom stereocenters. The predicted molar refractivity (Wildman–Crippen MR) is 39.3 cm³/mol. The lowest BCUT2D eigenvalue weighted by Crippen LogP contribution is -2.27. The first-order valence-corrected chi connectivity index (χ1v) is 6.10. The average molecular weight is 143 g/mol. The molecular formula is C5H11OSi2. The zero-order valence-corrected chi connectivity index (χ0v) is 7.40. The monoisotopic (exact) mass is 143 g/mol. The molecule has 0 aromatic carbocycles. The fourth-order valence-electron chi connectivity index (χ4n) is 0.389. The van der Waals surface area contributed by atoms with Crippen molar-refractivity contribution in [2.24, 2.45) is 0 Å². The van der Waals surface area contributed by atoms with E-state index in [-0.39, 0.29) is 0 Å². The van der Waals surface area contributed by atoms with Crippen molar-refractivity contribution in [2.45, 2.75) is 19.1 Å². The summed E-state index contributed by atoms with van der Waals surface area (Å²) in [6.07, 6.45) is 1.90. The summed E-state index contributed by atoms with van der Waals surface area (Å²) in [5.74, 6) is 0. The van der Waals surface area contributed by atoms with Crippen molar-refractivity contribution in [3.05, 3.63) is 12.7 Å². The first-order valence-electron chi connectivity index (χ1n) is 2.58. The summed E-state index contributed by atoms with van der Waals surface area (Å²) in [5.41, 5.74) is 0. The Kier molecular flexibility index (Phi) is 3.27. The van der Waals surface area contributed by atoms with Crippen molar-refractivity contribution < 1.29 is 4.12 Å². The van der Waals surface area contributed by atoms with E-state index in [0.29, 0.717) is 0 Å². The van der Waals surface area contributed by atoms with Crippen LogP contribution >= 0.6 is 0 Å². The normalized spacial score (nSPS) is 11.4. The van der Waals surface area contributed by atoms with Gasteiger partial charge in [0, 0.05) is 0 Å². The summed E-state index contributed by atoms with van der Waals surface area (Å²) in [6, 6.07) is 0.997. The third-order valence-corrected chi connectivity index (χ3v) is 4.39. The Morgan fingerprint density at radius 2 is 2.25 bits per heavy atom. The summed E-state index contributed by atoms with van der Waals surface area (Å²) < 4.78 is 5.05. The van der Waals surface area contributed by atoms with Crippen molar-refractivity contribution in [1.82, 2.24) is 0 Å². The third kappa shape index (κ3) is 3.18. The van der Waals surface area contributed by atoms with Crippen LogP contribution in [0.5, 0.6) is 0 Å². The van der Waals surface area contributed by atoms with Crippen LogP contribution in [0.1, 0.15) is 0 Å². The van der Waals surface area contributed by atoms with E-state index < -0.39 is 8.32 Å². The van der Waals surface area contributed by atoms with Crippen molar-refractivity contribution in [3.8, 4) is 0 Å². The molecule has 0 aliphatic carbocycles. The molecule has 0 rings (SSSR count). The van der Waals surface area contributed by atoms with Gasteiger partial charge in [-0.3, -0.25) is 0 Å². The Hall–Kier alpha value is 0.134. The molecule has 0 fully saturated rings. The van der Waals surface area contributed by atoms with E-state index in [4.69, 9.17) is 4.12 Å². The molecule has 0 spiro atoms. The van der Waals surface area contributed by atoms with Gasteiger partial charge in [0.2, 0.25) is 10.5 Å². The van der Waals surface area contributed by atoms with Gasteiger partial charge in [-0.25, -0.2) is 0 Å². The topological polar surface area (TPSA) is 9.23 Å². The lowest BCUT2D eigenvalue weighted by atomic mass is 10.8. The maximum Gasteiger partial charge on any atom is 0.230 e. The molecule has 0 aromatic rings. The van der Waals surface area contributed by atoms with Gasteiger partial charge in [-0.15, -0.1) is 6.58 Å². The molecule has 0 aromatic heterocycles. The molecule has 0 amide bonds. The second-order valence-corrected chi connectivity index (χ2v) is 7.10. The summed E-state index contributed by atoms with van der Waals surface area (Å²) in [7, 11) is 1.65. The molecule has 3 heteroatoms. The highest BCUT2D eigenvalue weighted by Gasteiger charge is 2.16. The zero-order valence-electron chi connectivity index (χ0n) is 5.40. The molecule has 1 nitrogen and oxygen atoms in total. The molecule has 0 aliphatic heterocycles. The first kappa shape index (κ1) is 8.13. The quantitative estimate of drug-likeness (QED) is 0.429. The van der Waals surface area contributed by atoms with Crippen molar-refractivity contribution in [1.29, 1.82) is 0 Å². The van der Waals surface area contributed by atoms with E-state index in [1.165, 1.54) is 0 Å². The maximum absolute atomic E-state index is 5.05. The van der Waals surface area contributed by atoms with Crippen LogP contribution in [0.15, 0.2) is 12.7 Å². The lowest BCUT2D eigenvalue weighted by molar-refractivity contribution is 0.613. The average Bonchev–Trinajstić information content (AvgIpc) is 1.67. The smallest absolute Gasteiger partial charge is 0.230 e. The molecule has 45 valence electrons. The summed E-state index contributed by atoms with van der Waals surface area (Å²) in [5, 5.41) is 0. The van der Waals surface area contributed by atoms with Crippen molar-refractivity contribution >= 4 is 18.8 Å². The number of hydrogen-bond donors (Lipinski definition) is 0. The largest absolute Gasteiger partial charge is 0.457 e. The Balaban J connectivity index is 3.53. The van der Waals surface area contributed by atoms with Crippen LogP contribution in [0, 0.1) is 0 Å². The fourth-order valence-corrected chi connectivity index (χ4v) is 1.42. The Bertz CT molecular complexity index is 80.5. The number of allylic oxidation sites excluding steroid dienone is 1. The Morgan fingerprint density at radius 3 is 2.38 bits per heavy atom. The van der Waals surface area contributed by atoms with Crippen LogP contribution in [0.3, 0.4) is 0 Å². The minimum atomic E-state index is -1.38. The molecule has 0 saturated heterocycles. The highest BCUT2D eigenvalue weighted by atomic mass is 28.4. The van der Waals surface area contributed by atoms with Crippen molar-refractivity contribution in [3.63, 3.8) is 0 Å². The van der Waals surface area contributed by atoms with Gasteiger partial charge in [-0.05, 0) is 19.1 Å². The molecule has 0 aliphatic rings. The van der Waals surface area contributed by atoms with Gasteiger partial charge in [-0.1, -0.05) is 6.08 Å². The molecule has 0 saturated carbocycles. The Morgan fingerprint density at radius 1 is 1.75 bits per heavy atom. The summed E-state index contributed by atoms with van der Waals surface area (Å²) in [4.78, 5) is 0. The van der Waals surface area contributed by atoms with E-state index in [2.05, 4.69) is 30.2 Å². The zero-order chi connectivity index (χ0) is 6.62. The highest BCUT2D eigenvalue weighted by molar-refractivity contribution is 6.74. The van der Waals surface area contributed by atoms with E-state index in [9.17, 15) is 0 Å². The van der Waals surface area contributed by atoms with E-state index in [1.807, 2.05) is 6.08 Å². The summed E-state index contributed by atoms with van der Waals surface area (Å²) >= 11 is 0. The lowest BCUT2D eigenvalue weighted by Gasteiger charge is -2.16. The van der Waals surface area contributed by atoms with Crippen LogP contribution in [0.4, 0.5) is 0 Å². The standard InChI is InChI=1S/C5H11OSi2/c1-4-5-8(2,3)6-7/h4H,1,5H2,2-3H3.